The highest BCUT2D eigenvalue weighted by Crippen LogP contribution is 2.45. The van der Waals surface area contributed by atoms with E-state index < -0.39 is 11.4 Å². The number of rotatable bonds is 4. The number of aliphatic carboxylic acids is 1. The lowest BCUT2D eigenvalue weighted by atomic mass is 9.68. The summed E-state index contributed by atoms with van der Waals surface area (Å²) in [7, 11) is 4.35. The van der Waals surface area contributed by atoms with Crippen LogP contribution in [0.5, 0.6) is 0 Å². The van der Waals surface area contributed by atoms with E-state index in [2.05, 4.69) is 63.7 Å². The van der Waals surface area contributed by atoms with Gasteiger partial charge in [0.1, 0.15) is 0 Å². The van der Waals surface area contributed by atoms with E-state index in [-0.39, 0.29) is 5.41 Å². The molecule has 0 saturated carbocycles. The van der Waals surface area contributed by atoms with Crippen molar-refractivity contribution in [2.75, 3.05) is 14.1 Å². The van der Waals surface area contributed by atoms with Crippen molar-refractivity contribution < 1.29 is 9.90 Å². The van der Waals surface area contributed by atoms with Gasteiger partial charge in [-0.15, -0.1) is 0 Å². The van der Waals surface area contributed by atoms with Crippen LogP contribution in [0.4, 0.5) is 0 Å². The molecule has 0 heterocycles. The van der Waals surface area contributed by atoms with Gasteiger partial charge in [-0.05, 0) is 99.1 Å². The number of aryl methyl sites for hydroxylation is 1. The van der Waals surface area contributed by atoms with Gasteiger partial charge in [-0.1, -0.05) is 44.7 Å². The number of nitrogens with zero attached hydrogens (tertiary/aromatic N) is 1. The molecule has 1 unspecified atom stereocenters. The van der Waals surface area contributed by atoms with Crippen LogP contribution in [0, 0.1) is 11.8 Å². The molecule has 0 aromatic heterocycles. The molecule has 0 bridgehead atoms. The Labute approximate surface area is 187 Å². The van der Waals surface area contributed by atoms with Crippen molar-refractivity contribution in [2.45, 2.75) is 70.8 Å². The van der Waals surface area contributed by atoms with Crippen molar-refractivity contribution in [3.63, 3.8) is 0 Å². The maximum Gasteiger partial charge on any atom is 0.313 e. The van der Waals surface area contributed by atoms with Gasteiger partial charge in [-0.25, -0.2) is 0 Å². The monoisotopic (exact) mass is 417 g/mol. The maximum absolute atomic E-state index is 11.5. The zero-order chi connectivity index (χ0) is 23.0. The Kier molecular flexibility index (Phi) is 6.35. The summed E-state index contributed by atoms with van der Waals surface area (Å²) >= 11 is 0. The van der Waals surface area contributed by atoms with Crippen molar-refractivity contribution in [3.05, 3.63) is 69.8 Å². The molecule has 1 aliphatic carbocycles. The van der Waals surface area contributed by atoms with Crippen molar-refractivity contribution in [1.82, 2.24) is 4.90 Å². The van der Waals surface area contributed by atoms with Crippen molar-refractivity contribution in [2.24, 2.45) is 0 Å². The molecule has 0 radical (unpaired) electrons. The summed E-state index contributed by atoms with van der Waals surface area (Å²) in [6.07, 6.45) is 3.35. The third-order valence-corrected chi connectivity index (χ3v) is 6.87. The van der Waals surface area contributed by atoms with Gasteiger partial charge in [-0.3, -0.25) is 4.79 Å². The number of benzene rings is 2. The Bertz CT molecular complexity index is 1030. The first-order valence-corrected chi connectivity index (χ1v) is 11.2. The lowest BCUT2D eigenvalue weighted by Crippen LogP contribution is -2.33. The van der Waals surface area contributed by atoms with Gasteiger partial charge < -0.3 is 10.0 Å². The molecule has 1 aliphatic rings. The lowest BCUT2D eigenvalue weighted by molar-refractivity contribution is -0.142. The molecule has 3 heteroatoms. The smallest absolute Gasteiger partial charge is 0.313 e. The summed E-state index contributed by atoms with van der Waals surface area (Å²) in [6, 6.07) is 12.6. The molecule has 0 aliphatic heterocycles. The summed E-state index contributed by atoms with van der Waals surface area (Å²) in [5.41, 5.74) is 6.29. The summed E-state index contributed by atoms with van der Waals surface area (Å²) in [4.78, 5) is 13.8. The quantitative estimate of drug-likeness (QED) is 0.650. The largest absolute Gasteiger partial charge is 0.481 e. The number of carbonyl (C=O) groups is 1. The lowest BCUT2D eigenvalue weighted by Gasteiger charge is -2.41. The fraction of sp³-hybridized carbons (Fsp3) is 0.464. The molecule has 1 atom stereocenters. The molecule has 0 spiro atoms. The molecule has 3 nitrogen and oxygen atoms in total. The second-order valence-electron chi connectivity index (χ2n) is 10.1. The molecular weight excluding hydrogens is 382 g/mol. The molecule has 2 aromatic rings. The van der Waals surface area contributed by atoms with Crippen LogP contribution in [-0.4, -0.2) is 30.1 Å². The highest BCUT2D eigenvalue weighted by Gasteiger charge is 2.35. The Morgan fingerprint density at radius 1 is 1.13 bits per heavy atom. The Morgan fingerprint density at radius 3 is 2.29 bits per heavy atom. The van der Waals surface area contributed by atoms with E-state index in [4.69, 9.17) is 0 Å². The van der Waals surface area contributed by atoms with Crippen LogP contribution in [0.15, 0.2) is 36.4 Å². The van der Waals surface area contributed by atoms with Gasteiger partial charge in [0.2, 0.25) is 0 Å². The van der Waals surface area contributed by atoms with Crippen LogP contribution in [0.1, 0.15) is 86.9 Å². The van der Waals surface area contributed by atoms with Crippen LogP contribution in [0.3, 0.4) is 0 Å². The van der Waals surface area contributed by atoms with E-state index in [0.29, 0.717) is 6.04 Å². The predicted octanol–water partition coefficient (Wildman–Crippen LogP) is 5.69. The second kappa shape index (κ2) is 8.52. The van der Waals surface area contributed by atoms with Crippen LogP contribution in [-0.2, 0) is 22.0 Å². The minimum Gasteiger partial charge on any atom is -0.481 e. The van der Waals surface area contributed by atoms with Gasteiger partial charge in [-0.2, -0.15) is 0 Å². The van der Waals surface area contributed by atoms with Crippen LogP contribution >= 0.6 is 0 Å². The Balaban J connectivity index is 1.99. The molecule has 164 valence electrons. The third-order valence-electron chi connectivity index (χ3n) is 6.87. The average molecular weight is 418 g/mol. The number of hydrogen-bond donors (Lipinski definition) is 1. The van der Waals surface area contributed by atoms with Gasteiger partial charge in [0, 0.05) is 17.2 Å². The Morgan fingerprint density at radius 2 is 1.74 bits per heavy atom. The van der Waals surface area contributed by atoms with Crippen LogP contribution < -0.4 is 0 Å². The number of fused-ring (bicyclic) bond motifs is 1. The molecule has 0 amide bonds. The maximum atomic E-state index is 11.5. The molecule has 0 fully saturated rings. The van der Waals surface area contributed by atoms with E-state index in [9.17, 15) is 9.90 Å². The van der Waals surface area contributed by atoms with E-state index >= 15 is 0 Å². The fourth-order valence-electron chi connectivity index (χ4n) is 4.56. The SMILES string of the molecule is CCc1cc(C#Cc2ccc(C(C)(C)C(=O)O)cc2)cc2c1C(N(C)C)CCC2(C)C. The van der Waals surface area contributed by atoms with Gasteiger partial charge in [0.15, 0.2) is 0 Å². The second-order valence-corrected chi connectivity index (χ2v) is 10.1. The molecule has 3 rings (SSSR count). The standard InChI is InChI=1S/C28H35NO2/c1-8-21-17-20(18-23-25(21)24(29(6)7)15-16-27(23,2)3)10-9-19-11-13-22(14-12-19)28(4,5)26(30)31/h11-14,17-18,24H,8,15-16H2,1-7H3,(H,30,31). The minimum absolute atomic E-state index is 0.146. The fourth-order valence-corrected chi connectivity index (χ4v) is 4.56. The van der Waals surface area contributed by atoms with Crippen LogP contribution in [0.2, 0.25) is 0 Å². The van der Waals surface area contributed by atoms with Crippen molar-refractivity contribution >= 4 is 5.97 Å². The normalized spacial score (nSPS) is 17.6. The minimum atomic E-state index is -0.908. The zero-order valence-corrected chi connectivity index (χ0v) is 20.0. The van der Waals surface area contributed by atoms with Gasteiger partial charge in [0.05, 0.1) is 5.41 Å². The first-order valence-electron chi connectivity index (χ1n) is 11.2. The molecule has 2 aromatic carbocycles. The summed E-state index contributed by atoms with van der Waals surface area (Å²) < 4.78 is 0. The number of carboxylic acid groups (broad SMARTS) is 1. The Hall–Kier alpha value is -2.57. The molecule has 1 N–H and O–H groups in total. The first-order chi connectivity index (χ1) is 14.5. The molecule has 31 heavy (non-hydrogen) atoms. The summed E-state index contributed by atoms with van der Waals surface area (Å²) in [5.74, 6) is 5.82. The van der Waals surface area contributed by atoms with Crippen molar-refractivity contribution in [1.29, 1.82) is 0 Å². The number of hydrogen-bond acceptors (Lipinski definition) is 2. The van der Waals surface area contributed by atoms with Gasteiger partial charge in [0.25, 0.3) is 0 Å². The van der Waals surface area contributed by atoms with Crippen LogP contribution in [0.25, 0.3) is 0 Å². The summed E-state index contributed by atoms with van der Waals surface area (Å²) in [5, 5.41) is 9.43. The highest BCUT2D eigenvalue weighted by molar-refractivity contribution is 5.80. The molecular formula is C28H35NO2. The third kappa shape index (κ3) is 4.55. The van der Waals surface area contributed by atoms with E-state index in [0.717, 1.165) is 23.1 Å². The van der Waals surface area contributed by atoms with E-state index in [1.807, 2.05) is 24.3 Å². The number of carboxylic acids is 1. The van der Waals surface area contributed by atoms with Crippen molar-refractivity contribution in [3.8, 4) is 11.8 Å². The predicted molar refractivity (Wildman–Crippen MR) is 128 cm³/mol. The average Bonchev–Trinajstić information content (AvgIpc) is 2.71. The van der Waals surface area contributed by atoms with Gasteiger partial charge >= 0.3 is 5.97 Å². The zero-order valence-electron chi connectivity index (χ0n) is 20.0. The highest BCUT2D eigenvalue weighted by atomic mass is 16.4. The van der Waals surface area contributed by atoms with E-state index in [1.165, 1.54) is 29.5 Å². The van der Waals surface area contributed by atoms with E-state index in [1.54, 1.807) is 13.8 Å². The first kappa shape index (κ1) is 23.1. The molecule has 0 saturated heterocycles. The topological polar surface area (TPSA) is 40.5 Å². The summed E-state index contributed by atoms with van der Waals surface area (Å²) in [6.45, 7) is 10.4.